The van der Waals surface area contributed by atoms with Crippen molar-refractivity contribution in [2.24, 2.45) is 11.5 Å². The highest BCUT2D eigenvalue weighted by Crippen LogP contribution is 1.64. The molecule has 0 radical (unpaired) electrons. The first-order valence-corrected chi connectivity index (χ1v) is 2.62. The third-order valence-corrected chi connectivity index (χ3v) is 0.449. The van der Waals surface area contributed by atoms with Crippen LogP contribution in [-0.2, 0) is 9.59 Å². The standard InChI is InChI=1S/C3H8N2O.C2H4O2.ClH/c1-2(4)3(5)6;1-2(3)4;/h2H,4H2,1H3,(H2,5,6);1H3,(H,3,4);1H. The molecule has 68 valence electrons. The number of carboxylic acids is 1. The van der Waals surface area contributed by atoms with E-state index in [4.69, 9.17) is 15.6 Å². The summed E-state index contributed by atoms with van der Waals surface area (Å²) in [6.45, 7) is 2.63. The summed E-state index contributed by atoms with van der Waals surface area (Å²) < 4.78 is 0. The Morgan fingerprint density at radius 2 is 1.55 bits per heavy atom. The van der Waals surface area contributed by atoms with Gasteiger partial charge in [-0.3, -0.25) is 9.59 Å². The molecule has 0 bridgehead atoms. The first-order chi connectivity index (χ1) is 4.37. The summed E-state index contributed by atoms with van der Waals surface area (Å²) in [5.74, 6) is -1.30. The molecule has 6 heteroatoms. The van der Waals surface area contributed by atoms with Gasteiger partial charge in [0.05, 0.1) is 6.04 Å². The van der Waals surface area contributed by atoms with Crippen LogP contribution in [0.4, 0.5) is 0 Å². The van der Waals surface area contributed by atoms with E-state index in [1.165, 1.54) is 0 Å². The molecule has 1 amide bonds. The Morgan fingerprint density at radius 1 is 1.45 bits per heavy atom. The SMILES string of the molecule is CC(=O)O.CC(N)C(N)=O.Cl. The molecule has 11 heavy (non-hydrogen) atoms. The zero-order valence-corrected chi connectivity index (χ0v) is 7.22. The maximum Gasteiger partial charge on any atom is 0.300 e. The number of primary amides is 1. The second kappa shape index (κ2) is 9.19. The third-order valence-electron chi connectivity index (χ3n) is 0.449. The van der Waals surface area contributed by atoms with Gasteiger partial charge in [0.1, 0.15) is 0 Å². The molecule has 0 aromatic heterocycles. The van der Waals surface area contributed by atoms with Gasteiger partial charge in [0.2, 0.25) is 5.91 Å². The molecule has 5 N–H and O–H groups in total. The van der Waals surface area contributed by atoms with Crippen molar-refractivity contribution in [1.29, 1.82) is 0 Å². The molecule has 0 spiro atoms. The van der Waals surface area contributed by atoms with E-state index < -0.39 is 17.9 Å². The zero-order chi connectivity index (χ0) is 8.73. The van der Waals surface area contributed by atoms with E-state index in [0.717, 1.165) is 6.92 Å². The first kappa shape index (κ1) is 16.6. The van der Waals surface area contributed by atoms with Crippen LogP contribution in [0.5, 0.6) is 0 Å². The van der Waals surface area contributed by atoms with Crippen LogP contribution < -0.4 is 11.5 Å². The fraction of sp³-hybridized carbons (Fsp3) is 0.600. The van der Waals surface area contributed by atoms with E-state index in [0.29, 0.717) is 0 Å². The van der Waals surface area contributed by atoms with Crippen molar-refractivity contribution in [2.75, 3.05) is 0 Å². The Hall–Kier alpha value is -0.810. The summed E-state index contributed by atoms with van der Waals surface area (Å²) in [6, 6.07) is -0.509. The number of halogens is 1. The van der Waals surface area contributed by atoms with Gasteiger partial charge in [-0.2, -0.15) is 0 Å². The van der Waals surface area contributed by atoms with Crippen molar-refractivity contribution >= 4 is 24.3 Å². The van der Waals surface area contributed by atoms with E-state index in [2.05, 4.69) is 5.73 Å². The largest absolute Gasteiger partial charge is 0.481 e. The number of hydrogen-bond acceptors (Lipinski definition) is 3. The van der Waals surface area contributed by atoms with Gasteiger partial charge in [-0.15, -0.1) is 12.4 Å². The van der Waals surface area contributed by atoms with Gasteiger partial charge >= 0.3 is 0 Å². The fourth-order valence-electron chi connectivity index (χ4n) is 0. The van der Waals surface area contributed by atoms with E-state index in [-0.39, 0.29) is 12.4 Å². The second-order valence-electron chi connectivity index (χ2n) is 1.71. The lowest BCUT2D eigenvalue weighted by Gasteiger charge is -1.91. The van der Waals surface area contributed by atoms with Crippen molar-refractivity contribution in [2.45, 2.75) is 19.9 Å². The molecular weight excluding hydrogens is 172 g/mol. The zero-order valence-electron chi connectivity index (χ0n) is 6.40. The van der Waals surface area contributed by atoms with Crippen molar-refractivity contribution in [3.8, 4) is 0 Å². The van der Waals surface area contributed by atoms with Gasteiger partial charge in [-0.25, -0.2) is 0 Å². The minimum absolute atomic E-state index is 0. The molecule has 0 aliphatic heterocycles. The lowest BCUT2D eigenvalue weighted by atomic mass is 10.4. The minimum Gasteiger partial charge on any atom is -0.481 e. The predicted octanol–water partition coefficient (Wildman–Crippen LogP) is -0.668. The fourth-order valence-corrected chi connectivity index (χ4v) is 0. The average molecular weight is 185 g/mol. The normalized spacial score (nSPS) is 9.73. The second-order valence-corrected chi connectivity index (χ2v) is 1.71. The summed E-state index contributed by atoms with van der Waals surface area (Å²) in [6.07, 6.45) is 0. The Balaban J connectivity index is -0.000000114. The summed E-state index contributed by atoms with van der Waals surface area (Å²) in [7, 11) is 0. The van der Waals surface area contributed by atoms with Gasteiger partial charge in [0.15, 0.2) is 0 Å². The maximum atomic E-state index is 9.80. The number of rotatable bonds is 1. The Bertz CT molecular complexity index is 123. The molecule has 0 aromatic rings. The number of hydrogen-bond donors (Lipinski definition) is 3. The number of carboxylic acid groups (broad SMARTS) is 1. The number of amides is 1. The van der Waals surface area contributed by atoms with Gasteiger partial charge in [-0.05, 0) is 6.92 Å². The molecular formula is C5H13ClN2O3. The van der Waals surface area contributed by atoms with E-state index in [9.17, 15) is 4.79 Å². The van der Waals surface area contributed by atoms with Gasteiger partial charge in [-0.1, -0.05) is 0 Å². The molecule has 0 aliphatic carbocycles. The van der Waals surface area contributed by atoms with Crippen LogP contribution in [0.25, 0.3) is 0 Å². The number of carbonyl (C=O) groups excluding carboxylic acids is 1. The van der Waals surface area contributed by atoms with Crippen LogP contribution in [0.15, 0.2) is 0 Å². The van der Waals surface area contributed by atoms with E-state index in [1.807, 2.05) is 0 Å². The van der Waals surface area contributed by atoms with E-state index in [1.54, 1.807) is 6.92 Å². The maximum absolute atomic E-state index is 9.80. The number of aliphatic carboxylic acids is 1. The lowest BCUT2D eigenvalue weighted by molar-refractivity contribution is -0.134. The summed E-state index contributed by atoms with van der Waals surface area (Å²) in [4.78, 5) is 18.8. The van der Waals surface area contributed by atoms with Crippen LogP contribution in [0.3, 0.4) is 0 Å². The molecule has 0 heterocycles. The average Bonchev–Trinajstić information content (AvgIpc) is 1.63. The van der Waals surface area contributed by atoms with Crippen molar-refractivity contribution in [1.82, 2.24) is 0 Å². The molecule has 0 aliphatic rings. The van der Waals surface area contributed by atoms with E-state index >= 15 is 0 Å². The molecule has 1 unspecified atom stereocenters. The first-order valence-electron chi connectivity index (χ1n) is 2.62. The Morgan fingerprint density at radius 3 is 1.55 bits per heavy atom. The van der Waals surface area contributed by atoms with Gasteiger partial charge in [0, 0.05) is 6.92 Å². The smallest absolute Gasteiger partial charge is 0.300 e. The summed E-state index contributed by atoms with van der Waals surface area (Å²) in [5, 5.41) is 7.42. The van der Waals surface area contributed by atoms with Crippen LogP contribution in [0.2, 0.25) is 0 Å². The highest BCUT2D eigenvalue weighted by Gasteiger charge is 1.96. The molecule has 0 saturated heterocycles. The number of nitrogens with two attached hydrogens (primary N) is 2. The van der Waals surface area contributed by atoms with Gasteiger partial charge in [0.25, 0.3) is 5.97 Å². The van der Waals surface area contributed by atoms with Gasteiger partial charge < -0.3 is 16.6 Å². The highest BCUT2D eigenvalue weighted by molar-refractivity contribution is 5.85. The molecule has 5 nitrogen and oxygen atoms in total. The molecule has 0 fully saturated rings. The van der Waals surface area contributed by atoms with Crippen LogP contribution in [0.1, 0.15) is 13.8 Å². The molecule has 0 rings (SSSR count). The quantitative estimate of drug-likeness (QED) is 0.503. The monoisotopic (exact) mass is 184 g/mol. The minimum atomic E-state index is -0.833. The Labute approximate surface area is 71.2 Å². The number of carbonyl (C=O) groups is 2. The van der Waals surface area contributed by atoms with Crippen molar-refractivity contribution < 1.29 is 14.7 Å². The van der Waals surface area contributed by atoms with Crippen molar-refractivity contribution in [3.05, 3.63) is 0 Å². The van der Waals surface area contributed by atoms with Crippen LogP contribution in [0, 0.1) is 0 Å². The predicted molar refractivity (Wildman–Crippen MR) is 43.4 cm³/mol. The van der Waals surface area contributed by atoms with Crippen LogP contribution >= 0.6 is 12.4 Å². The summed E-state index contributed by atoms with van der Waals surface area (Å²) >= 11 is 0. The highest BCUT2D eigenvalue weighted by atomic mass is 35.5. The third kappa shape index (κ3) is 46.7. The molecule has 1 atom stereocenters. The lowest BCUT2D eigenvalue weighted by Crippen LogP contribution is -2.32. The molecule has 0 aromatic carbocycles. The van der Waals surface area contributed by atoms with Crippen LogP contribution in [-0.4, -0.2) is 23.0 Å². The topological polar surface area (TPSA) is 106 Å². The summed E-state index contributed by atoms with van der Waals surface area (Å²) in [5.41, 5.74) is 9.63. The molecule has 0 saturated carbocycles. The van der Waals surface area contributed by atoms with Crippen molar-refractivity contribution in [3.63, 3.8) is 0 Å². The Kier molecular flexibility index (Phi) is 13.9.